The zero-order valence-electron chi connectivity index (χ0n) is 10.8. The van der Waals surface area contributed by atoms with Crippen LogP contribution in [-0.4, -0.2) is 23.6 Å². The molecule has 0 aliphatic rings. The highest BCUT2D eigenvalue weighted by molar-refractivity contribution is 5.93. The topological polar surface area (TPSA) is 61.4 Å². The lowest BCUT2D eigenvalue weighted by Crippen LogP contribution is -2.32. The molecule has 1 rings (SSSR count). The molecular formula is C13H20N2O2. The van der Waals surface area contributed by atoms with E-state index in [1.54, 1.807) is 19.1 Å². The fraction of sp³-hybridized carbons (Fsp3) is 0.462. The zero-order valence-corrected chi connectivity index (χ0v) is 10.8. The van der Waals surface area contributed by atoms with Crippen LogP contribution in [0.25, 0.3) is 0 Å². The smallest absolute Gasteiger partial charge is 0.238 e. The molecule has 17 heavy (non-hydrogen) atoms. The third-order valence-electron chi connectivity index (χ3n) is 2.58. The second-order valence-corrected chi connectivity index (χ2v) is 4.49. The SMILES string of the molecule is Cc1ccc(NC(=O)CNC(C)C)c(C)c1O. The lowest BCUT2D eigenvalue weighted by atomic mass is 10.1. The van der Waals surface area contributed by atoms with Crippen molar-refractivity contribution >= 4 is 11.6 Å². The molecule has 0 bridgehead atoms. The third kappa shape index (κ3) is 3.75. The van der Waals surface area contributed by atoms with E-state index in [4.69, 9.17) is 0 Å². The van der Waals surface area contributed by atoms with Gasteiger partial charge in [-0.25, -0.2) is 0 Å². The van der Waals surface area contributed by atoms with Crippen LogP contribution in [-0.2, 0) is 4.79 Å². The molecule has 3 N–H and O–H groups in total. The first-order valence-electron chi connectivity index (χ1n) is 5.74. The van der Waals surface area contributed by atoms with Crippen molar-refractivity contribution in [2.75, 3.05) is 11.9 Å². The molecule has 0 spiro atoms. The maximum Gasteiger partial charge on any atom is 0.238 e. The molecule has 0 radical (unpaired) electrons. The Morgan fingerprint density at radius 2 is 2.00 bits per heavy atom. The van der Waals surface area contributed by atoms with Crippen LogP contribution in [0.5, 0.6) is 5.75 Å². The number of nitrogens with one attached hydrogen (secondary N) is 2. The summed E-state index contributed by atoms with van der Waals surface area (Å²) in [5, 5.41) is 15.6. The minimum atomic E-state index is -0.106. The van der Waals surface area contributed by atoms with Crippen molar-refractivity contribution < 1.29 is 9.90 Å². The number of hydrogen-bond acceptors (Lipinski definition) is 3. The molecule has 0 unspecified atom stereocenters. The molecule has 1 aromatic rings. The largest absolute Gasteiger partial charge is 0.507 e. The standard InChI is InChI=1S/C13H20N2O2/c1-8(2)14-7-12(16)15-11-6-5-9(3)13(17)10(11)4/h5-6,8,14,17H,7H2,1-4H3,(H,15,16). The zero-order chi connectivity index (χ0) is 13.0. The highest BCUT2D eigenvalue weighted by Crippen LogP contribution is 2.27. The Bertz CT molecular complexity index is 414. The van der Waals surface area contributed by atoms with E-state index in [-0.39, 0.29) is 24.2 Å². The molecule has 0 aliphatic heterocycles. The number of hydrogen-bond donors (Lipinski definition) is 3. The number of phenolic OH excluding ortho intramolecular Hbond substituents is 1. The van der Waals surface area contributed by atoms with E-state index in [2.05, 4.69) is 10.6 Å². The minimum absolute atomic E-state index is 0.106. The summed E-state index contributed by atoms with van der Waals surface area (Å²) >= 11 is 0. The fourth-order valence-electron chi connectivity index (χ4n) is 1.46. The predicted molar refractivity (Wildman–Crippen MR) is 69.3 cm³/mol. The first-order chi connectivity index (χ1) is 7.91. The number of benzene rings is 1. The van der Waals surface area contributed by atoms with E-state index in [1.165, 1.54) is 0 Å². The molecule has 0 saturated heterocycles. The highest BCUT2D eigenvalue weighted by atomic mass is 16.3. The van der Waals surface area contributed by atoms with Gasteiger partial charge in [0.2, 0.25) is 5.91 Å². The van der Waals surface area contributed by atoms with E-state index in [0.717, 1.165) is 5.56 Å². The molecule has 1 amide bonds. The monoisotopic (exact) mass is 236 g/mol. The Morgan fingerprint density at radius 1 is 1.35 bits per heavy atom. The molecule has 0 atom stereocenters. The minimum Gasteiger partial charge on any atom is -0.507 e. The summed E-state index contributed by atoms with van der Waals surface area (Å²) in [7, 11) is 0. The average molecular weight is 236 g/mol. The van der Waals surface area contributed by atoms with Crippen LogP contribution in [0.2, 0.25) is 0 Å². The van der Waals surface area contributed by atoms with Gasteiger partial charge in [0.1, 0.15) is 5.75 Å². The van der Waals surface area contributed by atoms with Crippen molar-refractivity contribution in [1.29, 1.82) is 0 Å². The second kappa shape index (κ2) is 5.68. The summed E-state index contributed by atoms with van der Waals surface area (Å²) in [4.78, 5) is 11.6. The van der Waals surface area contributed by atoms with Crippen molar-refractivity contribution in [3.63, 3.8) is 0 Å². The molecule has 94 valence electrons. The summed E-state index contributed by atoms with van der Waals surface area (Å²) in [5.41, 5.74) is 2.16. The van der Waals surface area contributed by atoms with Crippen molar-refractivity contribution in [3.8, 4) is 5.75 Å². The Hall–Kier alpha value is -1.55. The van der Waals surface area contributed by atoms with Crippen LogP contribution in [0.4, 0.5) is 5.69 Å². The van der Waals surface area contributed by atoms with Crippen LogP contribution < -0.4 is 10.6 Å². The number of aryl methyl sites for hydroxylation is 1. The number of rotatable bonds is 4. The van der Waals surface area contributed by atoms with Gasteiger partial charge in [-0.3, -0.25) is 4.79 Å². The maximum absolute atomic E-state index is 11.6. The van der Waals surface area contributed by atoms with Gasteiger partial charge in [0.15, 0.2) is 0 Å². The van der Waals surface area contributed by atoms with Crippen LogP contribution >= 0.6 is 0 Å². The van der Waals surface area contributed by atoms with Crippen LogP contribution in [0.3, 0.4) is 0 Å². The molecule has 0 saturated carbocycles. The van der Waals surface area contributed by atoms with E-state index >= 15 is 0 Å². The summed E-state index contributed by atoms with van der Waals surface area (Å²) < 4.78 is 0. The summed E-state index contributed by atoms with van der Waals surface area (Å²) in [6.07, 6.45) is 0. The number of carbonyl (C=O) groups excluding carboxylic acids is 1. The van der Waals surface area contributed by atoms with E-state index < -0.39 is 0 Å². The van der Waals surface area contributed by atoms with E-state index in [1.807, 2.05) is 20.8 Å². The van der Waals surface area contributed by atoms with Crippen molar-refractivity contribution in [2.24, 2.45) is 0 Å². The number of carbonyl (C=O) groups is 1. The molecule has 0 fully saturated rings. The van der Waals surface area contributed by atoms with Gasteiger partial charge in [-0.15, -0.1) is 0 Å². The number of phenols is 1. The predicted octanol–water partition coefficient (Wildman–Crippen LogP) is 1.95. The maximum atomic E-state index is 11.6. The first-order valence-corrected chi connectivity index (χ1v) is 5.74. The highest BCUT2D eigenvalue weighted by Gasteiger charge is 2.09. The van der Waals surface area contributed by atoms with Gasteiger partial charge in [-0.1, -0.05) is 19.9 Å². The molecule has 0 aromatic heterocycles. The third-order valence-corrected chi connectivity index (χ3v) is 2.58. The van der Waals surface area contributed by atoms with Gasteiger partial charge in [-0.2, -0.15) is 0 Å². The van der Waals surface area contributed by atoms with Crippen molar-refractivity contribution in [3.05, 3.63) is 23.3 Å². The van der Waals surface area contributed by atoms with Gasteiger partial charge in [0.05, 0.1) is 6.54 Å². The Morgan fingerprint density at radius 3 is 2.59 bits per heavy atom. The quantitative estimate of drug-likeness (QED) is 0.748. The molecular weight excluding hydrogens is 216 g/mol. The van der Waals surface area contributed by atoms with Crippen LogP contribution in [0.15, 0.2) is 12.1 Å². The molecule has 0 heterocycles. The van der Waals surface area contributed by atoms with Crippen molar-refractivity contribution in [2.45, 2.75) is 33.7 Å². The number of anilines is 1. The summed E-state index contributed by atoms with van der Waals surface area (Å²) in [6.45, 7) is 7.85. The van der Waals surface area contributed by atoms with E-state index in [0.29, 0.717) is 11.3 Å². The normalized spacial score (nSPS) is 10.6. The van der Waals surface area contributed by atoms with E-state index in [9.17, 15) is 9.90 Å². The van der Waals surface area contributed by atoms with Gasteiger partial charge in [0.25, 0.3) is 0 Å². The number of aromatic hydroxyl groups is 1. The van der Waals surface area contributed by atoms with Gasteiger partial charge >= 0.3 is 0 Å². The number of amides is 1. The van der Waals surface area contributed by atoms with Gasteiger partial charge < -0.3 is 15.7 Å². The molecule has 4 nitrogen and oxygen atoms in total. The van der Waals surface area contributed by atoms with Gasteiger partial charge in [0, 0.05) is 17.3 Å². The summed E-state index contributed by atoms with van der Waals surface area (Å²) in [5.74, 6) is 0.129. The summed E-state index contributed by atoms with van der Waals surface area (Å²) in [6, 6.07) is 3.86. The fourth-order valence-corrected chi connectivity index (χ4v) is 1.46. The Labute approximate surface area is 102 Å². The molecule has 4 heteroatoms. The van der Waals surface area contributed by atoms with Crippen LogP contribution in [0, 0.1) is 13.8 Å². The molecule has 0 aliphatic carbocycles. The second-order valence-electron chi connectivity index (χ2n) is 4.49. The molecule has 1 aromatic carbocycles. The van der Waals surface area contributed by atoms with Gasteiger partial charge in [-0.05, 0) is 25.5 Å². The lowest BCUT2D eigenvalue weighted by Gasteiger charge is -2.12. The Kier molecular flexibility index (Phi) is 4.52. The average Bonchev–Trinajstić information content (AvgIpc) is 2.27. The lowest BCUT2D eigenvalue weighted by molar-refractivity contribution is -0.115. The van der Waals surface area contributed by atoms with Crippen molar-refractivity contribution in [1.82, 2.24) is 5.32 Å². The first kappa shape index (κ1) is 13.5. The Balaban J connectivity index is 2.69. The van der Waals surface area contributed by atoms with Crippen LogP contribution in [0.1, 0.15) is 25.0 Å².